The first-order valence-corrected chi connectivity index (χ1v) is 11.4. The number of anilines is 1. The average Bonchev–Trinajstić information content (AvgIpc) is 3.31. The molecule has 11 nitrogen and oxygen atoms in total. The first-order valence-electron chi connectivity index (χ1n) is 11.4. The van der Waals surface area contributed by atoms with Crippen molar-refractivity contribution in [3.63, 3.8) is 0 Å². The van der Waals surface area contributed by atoms with Crippen molar-refractivity contribution in [2.75, 3.05) is 38.7 Å². The normalized spacial score (nSPS) is 15.3. The van der Waals surface area contributed by atoms with Crippen molar-refractivity contribution < 1.29 is 23.9 Å². The summed E-state index contributed by atoms with van der Waals surface area (Å²) in [6.07, 6.45) is 5.86. The molecule has 0 aliphatic carbocycles. The van der Waals surface area contributed by atoms with Gasteiger partial charge in [0.1, 0.15) is 17.6 Å². The molecule has 0 unspecified atom stereocenters. The summed E-state index contributed by atoms with van der Waals surface area (Å²) in [5, 5.41) is 8.66. The van der Waals surface area contributed by atoms with Crippen molar-refractivity contribution in [1.29, 1.82) is 0 Å². The van der Waals surface area contributed by atoms with Gasteiger partial charge >= 0.3 is 0 Å². The first kappa shape index (κ1) is 24.3. The third-order valence-electron chi connectivity index (χ3n) is 5.80. The number of fused-ring (bicyclic) bond motifs is 2. The van der Waals surface area contributed by atoms with Crippen LogP contribution in [0.3, 0.4) is 0 Å². The second-order valence-electron chi connectivity index (χ2n) is 8.27. The Morgan fingerprint density at radius 2 is 2.09 bits per heavy atom. The number of carbonyl (C=O) groups is 3. The predicted molar refractivity (Wildman–Crippen MR) is 128 cm³/mol. The summed E-state index contributed by atoms with van der Waals surface area (Å²) in [4.78, 5) is 45.7. The Kier molecular flexibility index (Phi) is 8.01. The van der Waals surface area contributed by atoms with E-state index in [2.05, 4.69) is 30.9 Å². The number of aromatic nitrogens is 3. The molecule has 0 bridgehead atoms. The molecule has 1 fully saturated rings. The lowest BCUT2D eigenvalue weighted by Gasteiger charge is -2.21. The Balaban J connectivity index is 0.000000271. The molecule has 1 aromatic carbocycles. The topological polar surface area (TPSA) is 147 Å². The van der Waals surface area contributed by atoms with Crippen LogP contribution in [0.2, 0.25) is 0 Å². The molecule has 184 valence electrons. The molecule has 0 saturated carbocycles. The maximum Gasteiger partial charge on any atom is 0.272 e. The summed E-state index contributed by atoms with van der Waals surface area (Å²) in [6.45, 7) is 3.31. The second kappa shape index (κ2) is 11.5. The Morgan fingerprint density at radius 1 is 1.26 bits per heavy atom. The molecule has 2 aliphatic rings. The predicted octanol–water partition coefficient (Wildman–Crippen LogP) is 1.66. The molecule has 1 saturated heterocycles. The number of amides is 2. The molecule has 35 heavy (non-hydrogen) atoms. The van der Waals surface area contributed by atoms with E-state index in [1.165, 1.54) is 25.4 Å². The monoisotopic (exact) mass is 480 g/mol. The van der Waals surface area contributed by atoms with Crippen molar-refractivity contribution in [2.45, 2.75) is 19.4 Å². The molecule has 2 aromatic heterocycles. The zero-order valence-electron chi connectivity index (χ0n) is 19.4. The van der Waals surface area contributed by atoms with Gasteiger partial charge in [-0.2, -0.15) is 0 Å². The SMILES string of the molecule is CNCC1CCOCC1.O=Cc1c[nH]c2c(C(=O)NCc3ccc4c(c3)NC(=O)CO4)ncnc12. The fourth-order valence-corrected chi connectivity index (χ4v) is 3.97. The van der Waals surface area contributed by atoms with Crippen LogP contribution in [0.1, 0.15) is 39.3 Å². The largest absolute Gasteiger partial charge is 0.482 e. The van der Waals surface area contributed by atoms with E-state index < -0.39 is 5.91 Å². The third kappa shape index (κ3) is 6.00. The van der Waals surface area contributed by atoms with Crippen LogP contribution < -0.4 is 20.7 Å². The van der Waals surface area contributed by atoms with E-state index in [9.17, 15) is 14.4 Å². The highest BCUT2D eigenvalue weighted by atomic mass is 16.5. The number of ether oxygens (including phenoxy) is 2. The van der Waals surface area contributed by atoms with Gasteiger partial charge in [0.25, 0.3) is 11.8 Å². The van der Waals surface area contributed by atoms with Crippen molar-refractivity contribution in [3.8, 4) is 5.75 Å². The van der Waals surface area contributed by atoms with Crippen LogP contribution >= 0.6 is 0 Å². The highest BCUT2D eigenvalue weighted by molar-refractivity contribution is 6.06. The van der Waals surface area contributed by atoms with Crippen molar-refractivity contribution in [3.05, 3.63) is 47.5 Å². The molecule has 5 rings (SSSR count). The van der Waals surface area contributed by atoms with Crippen LogP contribution in [0.25, 0.3) is 11.0 Å². The van der Waals surface area contributed by atoms with Gasteiger partial charge in [-0.25, -0.2) is 9.97 Å². The van der Waals surface area contributed by atoms with Gasteiger partial charge in [0, 0.05) is 26.0 Å². The lowest BCUT2D eigenvalue weighted by Crippen LogP contribution is -2.26. The van der Waals surface area contributed by atoms with Gasteiger partial charge in [0.15, 0.2) is 18.6 Å². The molecule has 0 spiro atoms. The van der Waals surface area contributed by atoms with Crippen LogP contribution in [-0.4, -0.2) is 66.5 Å². The number of rotatable bonds is 6. The van der Waals surface area contributed by atoms with Crippen LogP contribution in [-0.2, 0) is 16.1 Å². The molecule has 4 N–H and O–H groups in total. The molecular weight excluding hydrogens is 452 g/mol. The zero-order chi connectivity index (χ0) is 24.6. The van der Waals surface area contributed by atoms with Gasteiger partial charge in [-0.15, -0.1) is 0 Å². The highest BCUT2D eigenvalue weighted by Crippen LogP contribution is 2.28. The van der Waals surface area contributed by atoms with Crippen molar-refractivity contribution in [1.82, 2.24) is 25.6 Å². The van der Waals surface area contributed by atoms with Gasteiger partial charge in [-0.1, -0.05) is 6.07 Å². The maximum atomic E-state index is 12.5. The first-order chi connectivity index (χ1) is 17.1. The number of aromatic amines is 1. The number of hydrogen-bond acceptors (Lipinski definition) is 8. The lowest BCUT2D eigenvalue weighted by molar-refractivity contribution is -0.118. The van der Waals surface area contributed by atoms with E-state index in [1.54, 1.807) is 18.2 Å². The number of nitrogens with one attached hydrogen (secondary N) is 4. The molecule has 2 amide bonds. The zero-order valence-corrected chi connectivity index (χ0v) is 19.4. The number of aldehydes is 1. The van der Waals surface area contributed by atoms with Gasteiger partial charge in [-0.3, -0.25) is 14.4 Å². The number of H-pyrrole nitrogens is 1. The average molecular weight is 481 g/mol. The van der Waals surface area contributed by atoms with Crippen LogP contribution in [0, 0.1) is 5.92 Å². The number of benzene rings is 1. The Hall–Kier alpha value is -3.83. The highest BCUT2D eigenvalue weighted by Gasteiger charge is 2.18. The number of carbonyl (C=O) groups excluding carboxylic acids is 3. The molecule has 4 heterocycles. The van der Waals surface area contributed by atoms with Gasteiger partial charge in [-0.05, 0) is 50.0 Å². The van der Waals surface area contributed by atoms with Crippen LogP contribution in [0.15, 0.2) is 30.7 Å². The summed E-state index contributed by atoms with van der Waals surface area (Å²) >= 11 is 0. The standard InChI is InChI=1S/C17H13N5O4.C7H15NO/c23-6-10-5-18-15-14(10)20-8-21-16(15)17(25)19-4-9-1-2-12-11(3-9)22-13(24)7-26-12;1-8-6-7-2-4-9-5-3-7/h1-3,5-6,8,18H,4,7H2,(H,19,25)(H,22,24);7-8H,2-6H2,1H3. The minimum absolute atomic E-state index is 0.00822. The fraction of sp³-hybridized carbons (Fsp3) is 0.375. The van der Waals surface area contributed by atoms with Gasteiger partial charge in [0.2, 0.25) is 0 Å². The lowest BCUT2D eigenvalue weighted by atomic mass is 10.0. The second-order valence-corrected chi connectivity index (χ2v) is 8.27. The molecule has 11 heteroatoms. The summed E-state index contributed by atoms with van der Waals surface area (Å²) in [5.74, 6) is 0.822. The summed E-state index contributed by atoms with van der Waals surface area (Å²) in [7, 11) is 2.01. The van der Waals surface area contributed by atoms with Crippen molar-refractivity contribution >= 4 is 34.8 Å². The minimum Gasteiger partial charge on any atom is -0.482 e. The quantitative estimate of drug-likeness (QED) is 0.390. The fourth-order valence-electron chi connectivity index (χ4n) is 3.97. The van der Waals surface area contributed by atoms with E-state index in [-0.39, 0.29) is 24.8 Å². The molecule has 2 aliphatic heterocycles. The number of nitrogens with zero attached hydrogens (tertiary/aromatic N) is 2. The van der Waals surface area contributed by atoms with Crippen molar-refractivity contribution in [2.24, 2.45) is 5.92 Å². The van der Waals surface area contributed by atoms with E-state index in [4.69, 9.17) is 9.47 Å². The summed E-state index contributed by atoms with van der Waals surface area (Å²) < 4.78 is 10.5. The minimum atomic E-state index is -0.408. The van der Waals surface area contributed by atoms with Gasteiger partial charge < -0.3 is 30.4 Å². The van der Waals surface area contributed by atoms with E-state index in [0.29, 0.717) is 34.3 Å². The smallest absolute Gasteiger partial charge is 0.272 e. The summed E-state index contributed by atoms with van der Waals surface area (Å²) in [5.41, 5.74) is 2.66. The summed E-state index contributed by atoms with van der Waals surface area (Å²) in [6, 6.07) is 5.27. The molecular formula is C24H28N6O5. The van der Waals surface area contributed by atoms with Gasteiger partial charge in [0.05, 0.1) is 16.8 Å². The van der Waals surface area contributed by atoms with Crippen LogP contribution in [0.5, 0.6) is 5.75 Å². The Morgan fingerprint density at radius 3 is 2.86 bits per heavy atom. The Labute approximate surface area is 202 Å². The van der Waals surface area contributed by atoms with Crippen LogP contribution in [0.4, 0.5) is 5.69 Å². The Bertz CT molecular complexity index is 1200. The third-order valence-corrected chi connectivity index (χ3v) is 5.80. The maximum absolute atomic E-state index is 12.5. The van der Waals surface area contributed by atoms with E-state index in [1.807, 2.05) is 7.05 Å². The number of hydrogen-bond donors (Lipinski definition) is 4. The molecule has 0 atom stereocenters. The molecule has 0 radical (unpaired) electrons. The molecule has 3 aromatic rings. The van der Waals surface area contributed by atoms with E-state index in [0.717, 1.165) is 31.2 Å². The van der Waals surface area contributed by atoms with E-state index >= 15 is 0 Å².